The molecule has 1 aromatic heterocycles. The Bertz CT molecular complexity index is 390. The average Bonchev–Trinajstić information content (AvgIpc) is 2.18. The fraction of sp³-hybridized carbons (Fsp3) is 0.250. The standard InChI is InChI=1S/C8H10N2O4.Gd/c9-2-3-10-8(13)7-6(12)5(11)1-4-14-7;/h1,4,12H,2-3,9H2,(H,10,13);. The summed E-state index contributed by atoms with van der Waals surface area (Å²) in [5, 5.41) is 11.5. The maximum atomic E-state index is 11.2. The Labute approximate surface area is 118 Å². The van der Waals surface area contributed by atoms with Gasteiger partial charge in [-0.15, -0.1) is 0 Å². The maximum absolute atomic E-state index is 11.2. The van der Waals surface area contributed by atoms with E-state index in [0.717, 1.165) is 12.3 Å². The van der Waals surface area contributed by atoms with Crippen LogP contribution in [0.15, 0.2) is 21.5 Å². The molecule has 0 bridgehead atoms. The second kappa shape index (κ2) is 6.89. The summed E-state index contributed by atoms with van der Waals surface area (Å²) in [6.07, 6.45) is 1.04. The van der Waals surface area contributed by atoms with Gasteiger partial charge in [0.05, 0.1) is 6.26 Å². The van der Waals surface area contributed by atoms with Crippen LogP contribution in [0.5, 0.6) is 5.75 Å². The molecule has 1 aromatic rings. The summed E-state index contributed by atoms with van der Waals surface area (Å²) in [4.78, 5) is 22.1. The molecule has 0 radical (unpaired) electrons. The minimum Gasteiger partial charge on any atom is -0.501 e. The first-order chi connectivity index (χ1) is 6.66. The number of nitrogens with one attached hydrogen (secondary N) is 1. The van der Waals surface area contributed by atoms with Crippen molar-refractivity contribution in [3.8, 4) is 5.75 Å². The molecular formula is C8H10GdN2O4. The Kier molecular flexibility index (Phi) is 6.66. The molecule has 0 aliphatic carbocycles. The van der Waals surface area contributed by atoms with Gasteiger partial charge in [-0.25, -0.2) is 0 Å². The first-order valence-corrected chi connectivity index (χ1v) is 3.96. The van der Waals surface area contributed by atoms with Crippen molar-refractivity contribution in [3.63, 3.8) is 0 Å². The van der Waals surface area contributed by atoms with Crippen molar-refractivity contribution in [3.05, 3.63) is 28.3 Å². The van der Waals surface area contributed by atoms with Crippen LogP contribution in [0.4, 0.5) is 0 Å². The Balaban J connectivity index is 0.00000196. The minimum absolute atomic E-state index is 0. The van der Waals surface area contributed by atoms with E-state index in [4.69, 9.17) is 15.3 Å². The van der Waals surface area contributed by atoms with Crippen molar-refractivity contribution in [2.24, 2.45) is 5.73 Å². The Morgan fingerprint density at radius 1 is 1.60 bits per heavy atom. The van der Waals surface area contributed by atoms with E-state index >= 15 is 0 Å². The van der Waals surface area contributed by atoms with Gasteiger partial charge in [-0.1, -0.05) is 0 Å². The molecular weight excluding hydrogens is 345 g/mol. The zero-order valence-electron chi connectivity index (χ0n) is 7.67. The molecule has 0 unspecified atom stereocenters. The third kappa shape index (κ3) is 3.87. The van der Waals surface area contributed by atoms with Crippen molar-refractivity contribution in [2.45, 2.75) is 0 Å². The molecule has 0 atom stereocenters. The zero-order valence-corrected chi connectivity index (χ0v) is 9.94. The molecule has 0 saturated heterocycles. The molecule has 0 aromatic carbocycles. The number of carbonyl (C=O) groups excluding carboxylic acids is 1. The monoisotopic (exact) mass is 356 g/mol. The molecule has 1 heterocycles. The third-order valence-electron chi connectivity index (χ3n) is 1.49. The Hall–Kier alpha value is -0.495. The fourth-order valence-corrected chi connectivity index (χ4v) is 0.838. The number of carbonyl (C=O) groups is 1. The van der Waals surface area contributed by atoms with Gasteiger partial charge in [0.15, 0.2) is 0 Å². The first kappa shape index (κ1) is 14.5. The molecule has 15 heavy (non-hydrogen) atoms. The number of nitrogens with two attached hydrogens (primary N) is 1. The molecule has 84 valence electrons. The molecule has 4 N–H and O–H groups in total. The van der Waals surface area contributed by atoms with Crippen LogP contribution >= 0.6 is 0 Å². The molecule has 0 aliphatic heterocycles. The van der Waals surface area contributed by atoms with Gasteiger partial charge in [0.2, 0.25) is 16.9 Å². The number of hydrogen-bond acceptors (Lipinski definition) is 5. The summed E-state index contributed by atoms with van der Waals surface area (Å²) in [5.74, 6) is -1.75. The van der Waals surface area contributed by atoms with Gasteiger partial charge < -0.3 is 20.6 Å². The van der Waals surface area contributed by atoms with Gasteiger partial charge in [0.1, 0.15) is 0 Å². The van der Waals surface area contributed by atoms with Crippen molar-refractivity contribution < 1.29 is 54.3 Å². The normalized spacial score (nSPS) is 9.13. The van der Waals surface area contributed by atoms with E-state index in [0.29, 0.717) is 0 Å². The zero-order chi connectivity index (χ0) is 10.6. The average molecular weight is 355 g/mol. The van der Waals surface area contributed by atoms with Crippen LogP contribution in [-0.4, -0.2) is 24.1 Å². The van der Waals surface area contributed by atoms with Crippen molar-refractivity contribution >= 4 is 5.91 Å². The van der Waals surface area contributed by atoms with E-state index < -0.39 is 22.8 Å². The SMILES string of the molecule is NCCNC(=O)c1occc(=O)c1O.[Gd]. The molecule has 1 rings (SSSR count). The number of hydrogen-bond donors (Lipinski definition) is 3. The van der Waals surface area contributed by atoms with Crippen LogP contribution in [0.1, 0.15) is 10.6 Å². The van der Waals surface area contributed by atoms with Crippen LogP contribution in [-0.2, 0) is 0 Å². The van der Waals surface area contributed by atoms with Crippen molar-refractivity contribution in [1.29, 1.82) is 0 Å². The van der Waals surface area contributed by atoms with E-state index in [9.17, 15) is 9.59 Å². The molecule has 7 heteroatoms. The summed E-state index contributed by atoms with van der Waals surface area (Å²) < 4.78 is 4.69. The van der Waals surface area contributed by atoms with Gasteiger partial charge in [-0.05, 0) is 0 Å². The largest absolute Gasteiger partial charge is 0.501 e. The minimum atomic E-state index is -0.693. The van der Waals surface area contributed by atoms with Crippen LogP contribution in [0, 0.1) is 39.9 Å². The Morgan fingerprint density at radius 2 is 2.27 bits per heavy atom. The summed E-state index contributed by atoms with van der Waals surface area (Å²) in [6, 6.07) is 1.02. The van der Waals surface area contributed by atoms with E-state index in [1.54, 1.807) is 0 Å². The van der Waals surface area contributed by atoms with Crippen LogP contribution < -0.4 is 16.5 Å². The predicted molar refractivity (Wildman–Crippen MR) is 48.0 cm³/mol. The molecule has 0 saturated carbocycles. The van der Waals surface area contributed by atoms with Gasteiger partial charge in [0.25, 0.3) is 5.91 Å². The van der Waals surface area contributed by atoms with Gasteiger partial charge in [0, 0.05) is 59.1 Å². The van der Waals surface area contributed by atoms with Crippen LogP contribution in [0.2, 0.25) is 0 Å². The van der Waals surface area contributed by atoms with E-state index in [1.807, 2.05) is 0 Å². The van der Waals surface area contributed by atoms with Gasteiger partial charge in [-0.2, -0.15) is 0 Å². The number of rotatable bonds is 3. The van der Waals surface area contributed by atoms with E-state index in [1.165, 1.54) is 0 Å². The Morgan fingerprint density at radius 3 is 2.87 bits per heavy atom. The molecule has 6 nitrogen and oxygen atoms in total. The van der Waals surface area contributed by atoms with Crippen molar-refractivity contribution in [2.75, 3.05) is 13.1 Å². The summed E-state index contributed by atoms with van der Waals surface area (Å²) in [6.45, 7) is 0.514. The second-order valence-electron chi connectivity index (χ2n) is 2.51. The predicted octanol–water partition coefficient (Wildman–Crippen LogP) is -0.966. The smallest absolute Gasteiger partial charge is 0.291 e. The van der Waals surface area contributed by atoms with Crippen LogP contribution in [0.25, 0.3) is 0 Å². The maximum Gasteiger partial charge on any atom is 0.291 e. The van der Waals surface area contributed by atoms with Gasteiger partial charge in [-0.3, -0.25) is 9.59 Å². The molecule has 1 amide bonds. The second-order valence-corrected chi connectivity index (χ2v) is 2.51. The fourth-order valence-electron chi connectivity index (χ4n) is 0.838. The topological polar surface area (TPSA) is 106 Å². The quantitative estimate of drug-likeness (QED) is 0.647. The third-order valence-corrected chi connectivity index (χ3v) is 1.49. The summed E-state index contributed by atoms with van der Waals surface area (Å²) >= 11 is 0. The summed E-state index contributed by atoms with van der Waals surface area (Å²) in [5.41, 5.74) is 4.50. The molecule has 0 aliphatic rings. The van der Waals surface area contributed by atoms with Crippen LogP contribution in [0.3, 0.4) is 0 Å². The molecule has 0 fully saturated rings. The van der Waals surface area contributed by atoms with Gasteiger partial charge >= 0.3 is 0 Å². The number of amides is 1. The summed E-state index contributed by atoms with van der Waals surface area (Å²) in [7, 11) is 0. The van der Waals surface area contributed by atoms with E-state index in [-0.39, 0.29) is 53.0 Å². The first-order valence-electron chi connectivity index (χ1n) is 3.96. The van der Waals surface area contributed by atoms with E-state index in [2.05, 4.69) is 5.32 Å². The number of aromatic hydroxyl groups is 1. The van der Waals surface area contributed by atoms with Crippen molar-refractivity contribution in [1.82, 2.24) is 5.32 Å². The molecule has 0 spiro atoms.